The molecule has 0 fully saturated rings. The summed E-state index contributed by atoms with van der Waals surface area (Å²) >= 11 is 0. The molecule has 0 atom stereocenters. The highest BCUT2D eigenvalue weighted by atomic mass is 16.3. The van der Waals surface area contributed by atoms with Crippen molar-refractivity contribution in [2.45, 2.75) is 25.8 Å². The Labute approximate surface area is 84.2 Å². The first-order chi connectivity index (χ1) is 6.55. The van der Waals surface area contributed by atoms with Gasteiger partial charge in [0, 0.05) is 18.3 Å². The monoisotopic (exact) mass is 195 g/mol. The Bertz CT molecular complexity index is 299. The molecule has 14 heavy (non-hydrogen) atoms. The minimum atomic E-state index is -0.162. The Morgan fingerprint density at radius 1 is 1.57 bits per heavy atom. The van der Waals surface area contributed by atoms with Gasteiger partial charge in [-0.2, -0.15) is 0 Å². The summed E-state index contributed by atoms with van der Waals surface area (Å²) in [7, 11) is 0. The first-order valence-electron chi connectivity index (χ1n) is 4.64. The van der Waals surface area contributed by atoms with Crippen LogP contribution in [0.1, 0.15) is 20.3 Å². The van der Waals surface area contributed by atoms with Crippen molar-refractivity contribution in [3.63, 3.8) is 0 Å². The van der Waals surface area contributed by atoms with Gasteiger partial charge in [0.15, 0.2) is 0 Å². The summed E-state index contributed by atoms with van der Waals surface area (Å²) in [6.07, 6.45) is 3.97. The van der Waals surface area contributed by atoms with Gasteiger partial charge >= 0.3 is 0 Å². The predicted molar refractivity (Wildman–Crippen MR) is 58.1 cm³/mol. The maximum absolute atomic E-state index is 8.87. The van der Waals surface area contributed by atoms with Crippen molar-refractivity contribution in [1.29, 1.82) is 0 Å². The number of hydrogen-bond acceptors (Lipinski definition) is 4. The lowest BCUT2D eigenvalue weighted by Crippen LogP contribution is -2.32. The predicted octanol–water partition coefficient (Wildman–Crippen LogP) is 1.24. The summed E-state index contributed by atoms with van der Waals surface area (Å²) in [6.45, 7) is 4.19. The zero-order valence-corrected chi connectivity index (χ0v) is 8.62. The molecule has 78 valence electrons. The lowest BCUT2D eigenvalue weighted by atomic mass is 10.0. The molecule has 4 nitrogen and oxygen atoms in total. The Balaban J connectivity index is 2.73. The van der Waals surface area contributed by atoms with Gasteiger partial charge in [-0.15, -0.1) is 0 Å². The van der Waals surface area contributed by atoms with Crippen LogP contribution in [0.25, 0.3) is 0 Å². The van der Waals surface area contributed by atoms with Gasteiger partial charge in [0.05, 0.1) is 17.6 Å². The summed E-state index contributed by atoms with van der Waals surface area (Å²) in [5.41, 5.74) is 7.06. The minimum Gasteiger partial charge on any atom is -0.396 e. The zero-order valence-electron chi connectivity index (χ0n) is 8.62. The van der Waals surface area contributed by atoms with Gasteiger partial charge in [0.25, 0.3) is 0 Å². The summed E-state index contributed by atoms with van der Waals surface area (Å²) in [6, 6.07) is 1.83. The largest absolute Gasteiger partial charge is 0.396 e. The number of pyridine rings is 1. The first-order valence-corrected chi connectivity index (χ1v) is 4.64. The second-order valence-corrected chi connectivity index (χ2v) is 3.95. The normalized spacial score (nSPS) is 11.4. The molecule has 1 aromatic heterocycles. The van der Waals surface area contributed by atoms with Crippen LogP contribution in [0.3, 0.4) is 0 Å². The van der Waals surface area contributed by atoms with Crippen LogP contribution in [-0.2, 0) is 0 Å². The number of nitrogens with one attached hydrogen (secondary N) is 1. The average Bonchev–Trinajstić information content (AvgIpc) is 2.08. The van der Waals surface area contributed by atoms with Crippen molar-refractivity contribution in [3.8, 4) is 0 Å². The standard InChI is InChI=1S/C10H17N3O/c1-10(2,4-6-14)13-9-3-5-12-7-8(9)11/h3,5,7,14H,4,6,11H2,1-2H3,(H,12,13). The van der Waals surface area contributed by atoms with Crippen LogP contribution >= 0.6 is 0 Å². The number of rotatable bonds is 4. The lowest BCUT2D eigenvalue weighted by molar-refractivity contribution is 0.261. The van der Waals surface area contributed by atoms with E-state index in [9.17, 15) is 0 Å². The number of aromatic nitrogens is 1. The Morgan fingerprint density at radius 3 is 2.86 bits per heavy atom. The summed E-state index contributed by atoms with van der Waals surface area (Å²) in [5, 5.41) is 12.1. The van der Waals surface area contributed by atoms with E-state index in [0.717, 1.165) is 5.69 Å². The third-order valence-electron chi connectivity index (χ3n) is 2.06. The lowest BCUT2D eigenvalue weighted by Gasteiger charge is -2.27. The fraction of sp³-hybridized carbons (Fsp3) is 0.500. The van der Waals surface area contributed by atoms with Gasteiger partial charge in [-0.1, -0.05) is 0 Å². The van der Waals surface area contributed by atoms with Crippen LogP contribution < -0.4 is 11.1 Å². The molecule has 0 aliphatic heterocycles. The van der Waals surface area contributed by atoms with E-state index in [1.165, 1.54) is 0 Å². The van der Waals surface area contributed by atoms with Crippen LogP contribution in [0.4, 0.5) is 11.4 Å². The molecule has 4 heteroatoms. The minimum absolute atomic E-state index is 0.158. The van der Waals surface area contributed by atoms with E-state index in [4.69, 9.17) is 10.8 Å². The molecule has 4 N–H and O–H groups in total. The molecule has 0 aliphatic carbocycles. The van der Waals surface area contributed by atoms with Crippen molar-refractivity contribution in [3.05, 3.63) is 18.5 Å². The van der Waals surface area contributed by atoms with Gasteiger partial charge in [-0.05, 0) is 26.3 Å². The van der Waals surface area contributed by atoms with Crippen molar-refractivity contribution in [2.75, 3.05) is 17.7 Å². The molecular weight excluding hydrogens is 178 g/mol. The Kier molecular flexibility index (Phi) is 3.30. The average molecular weight is 195 g/mol. The second-order valence-electron chi connectivity index (χ2n) is 3.95. The molecule has 0 spiro atoms. The zero-order chi connectivity index (χ0) is 10.6. The van der Waals surface area contributed by atoms with Gasteiger partial charge in [-0.3, -0.25) is 4.98 Å². The van der Waals surface area contributed by atoms with Crippen LogP contribution in [-0.4, -0.2) is 22.2 Å². The van der Waals surface area contributed by atoms with E-state index in [2.05, 4.69) is 10.3 Å². The molecule has 0 amide bonds. The quantitative estimate of drug-likeness (QED) is 0.676. The molecule has 0 aliphatic rings. The maximum atomic E-state index is 8.87. The number of nitrogen functional groups attached to an aromatic ring is 1. The van der Waals surface area contributed by atoms with Crippen molar-refractivity contribution in [1.82, 2.24) is 4.98 Å². The number of nitrogens with zero attached hydrogens (tertiary/aromatic N) is 1. The fourth-order valence-corrected chi connectivity index (χ4v) is 1.23. The van der Waals surface area contributed by atoms with Crippen LogP contribution in [0.15, 0.2) is 18.5 Å². The third kappa shape index (κ3) is 2.88. The van der Waals surface area contributed by atoms with E-state index in [-0.39, 0.29) is 12.1 Å². The maximum Gasteiger partial charge on any atom is 0.0736 e. The number of nitrogens with two attached hydrogens (primary N) is 1. The highest BCUT2D eigenvalue weighted by Crippen LogP contribution is 2.22. The van der Waals surface area contributed by atoms with Crippen molar-refractivity contribution in [2.24, 2.45) is 0 Å². The van der Waals surface area contributed by atoms with Gasteiger partial charge < -0.3 is 16.2 Å². The highest BCUT2D eigenvalue weighted by molar-refractivity contribution is 5.65. The van der Waals surface area contributed by atoms with Gasteiger partial charge in [-0.25, -0.2) is 0 Å². The van der Waals surface area contributed by atoms with E-state index in [1.807, 2.05) is 19.9 Å². The first kappa shape index (κ1) is 10.8. The molecule has 1 rings (SSSR count). The molecule has 0 bridgehead atoms. The van der Waals surface area contributed by atoms with Crippen LogP contribution in [0.2, 0.25) is 0 Å². The molecular formula is C10H17N3O. The smallest absolute Gasteiger partial charge is 0.0736 e. The summed E-state index contributed by atoms with van der Waals surface area (Å²) < 4.78 is 0. The van der Waals surface area contributed by atoms with Gasteiger partial charge in [0.1, 0.15) is 0 Å². The molecule has 0 saturated heterocycles. The third-order valence-corrected chi connectivity index (χ3v) is 2.06. The van der Waals surface area contributed by atoms with E-state index in [1.54, 1.807) is 12.4 Å². The number of aliphatic hydroxyl groups excluding tert-OH is 1. The number of aliphatic hydroxyl groups is 1. The molecule has 0 radical (unpaired) electrons. The molecule has 0 aromatic carbocycles. The number of anilines is 2. The highest BCUT2D eigenvalue weighted by Gasteiger charge is 2.17. The Morgan fingerprint density at radius 2 is 2.29 bits per heavy atom. The van der Waals surface area contributed by atoms with E-state index in [0.29, 0.717) is 12.1 Å². The van der Waals surface area contributed by atoms with Crippen molar-refractivity contribution >= 4 is 11.4 Å². The van der Waals surface area contributed by atoms with E-state index >= 15 is 0 Å². The molecule has 1 aromatic rings. The summed E-state index contributed by atoms with van der Waals surface area (Å²) in [4.78, 5) is 3.91. The fourth-order valence-electron chi connectivity index (χ4n) is 1.23. The van der Waals surface area contributed by atoms with Crippen molar-refractivity contribution < 1.29 is 5.11 Å². The second kappa shape index (κ2) is 4.28. The molecule has 1 heterocycles. The van der Waals surface area contributed by atoms with Gasteiger partial charge in [0.2, 0.25) is 0 Å². The molecule has 0 saturated carbocycles. The summed E-state index contributed by atoms with van der Waals surface area (Å²) in [5.74, 6) is 0. The number of hydrogen-bond donors (Lipinski definition) is 3. The Hall–Kier alpha value is -1.29. The SMILES string of the molecule is CC(C)(CCO)Nc1ccncc1N. The van der Waals surface area contributed by atoms with Crippen LogP contribution in [0.5, 0.6) is 0 Å². The van der Waals surface area contributed by atoms with Crippen LogP contribution in [0, 0.1) is 0 Å². The molecule has 0 unspecified atom stereocenters. The topological polar surface area (TPSA) is 71.2 Å². The van der Waals surface area contributed by atoms with E-state index < -0.39 is 0 Å².